The van der Waals surface area contributed by atoms with Gasteiger partial charge in [-0.1, -0.05) is 11.3 Å². The Kier molecular flexibility index (Phi) is 3.10. The summed E-state index contributed by atoms with van der Waals surface area (Å²) in [6.45, 7) is 7.04. The first kappa shape index (κ1) is 12.0. The van der Waals surface area contributed by atoms with Crippen LogP contribution in [0.25, 0.3) is 4.96 Å². The molecule has 0 radical (unpaired) electrons. The van der Waals surface area contributed by atoms with Gasteiger partial charge in [-0.05, 0) is 20.8 Å². The minimum Gasteiger partial charge on any atom is -0.347 e. The lowest BCUT2D eigenvalue weighted by atomic mass is 10.4. The molecule has 0 bridgehead atoms. The molecule has 0 atom stereocenters. The number of anilines is 1. The van der Waals surface area contributed by atoms with Gasteiger partial charge in [0.25, 0.3) is 0 Å². The Morgan fingerprint density at radius 2 is 2.06 bits per heavy atom. The highest BCUT2D eigenvalue weighted by Crippen LogP contribution is 2.21. The van der Waals surface area contributed by atoms with Crippen LogP contribution >= 0.6 is 11.3 Å². The van der Waals surface area contributed by atoms with Gasteiger partial charge in [0.2, 0.25) is 15.9 Å². The second-order valence-corrected chi connectivity index (χ2v) is 4.50. The van der Waals surface area contributed by atoms with Crippen molar-refractivity contribution in [1.82, 2.24) is 14.6 Å². The van der Waals surface area contributed by atoms with Crippen LogP contribution in [0.4, 0.5) is 9.52 Å². The zero-order valence-corrected chi connectivity index (χ0v) is 10.7. The number of rotatable bonds is 3. The summed E-state index contributed by atoms with van der Waals surface area (Å²) >= 11 is 1.29. The van der Waals surface area contributed by atoms with Gasteiger partial charge in [-0.2, -0.15) is 8.91 Å². The molecule has 7 heteroatoms. The molecule has 0 N–H and O–H groups in total. The second-order valence-electron chi connectivity index (χ2n) is 3.57. The van der Waals surface area contributed by atoms with Gasteiger partial charge in [-0.25, -0.2) is 4.98 Å². The first-order valence-electron chi connectivity index (χ1n) is 5.39. The number of aromatic nitrogens is 3. The monoisotopic (exact) mass is 256 g/mol. The van der Waals surface area contributed by atoms with E-state index in [2.05, 4.69) is 10.1 Å². The molecule has 17 heavy (non-hydrogen) atoms. The lowest BCUT2D eigenvalue weighted by Crippen LogP contribution is -2.23. The maximum absolute atomic E-state index is 13.4. The topological polar surface area (TPSA) is 50.5 Å². The van der Waals surface area contributed by atoms with Crippen LogP contribution in [0.15, 0.2) is 4.79 Å². The molecular formula is C10H13FN4OS. The molecule has 0 aromatic carbocycles. The van der Waals surface area contributed by atoms with Crippen LogP contribution in [-0.2, 0) is 0 Å². The average molecular weight is 256 g/mol. The summed E-state index contributed by atoms with van der Waals surface area (Å²) in [5.41, 5.74) is -0.619. The minimum atomic E-state index is -0.834. The van der Waals surface area contributed by atoms with Gasteiger partial charge >= 0.3 is 5.56 Å². The Morgan fingerprint density at radius 1 is 1.41 bits per heavy atom. The summed E-state index contributed by atoms with van der Waals surface area (Å²) < 4.78 is 14.4. The van der Waals surface area contributed by atoms with Gasteiger partial charge in [0.15, 0.2) is 0 Å². The summed E-state index contributed by atoms with van der Waals surface area (Å²) in [5, 5.41) is 4.79. The standard InChI is InChI=1S/C10H13FN4OS/c1-4-14(5-2)10-13-15-8(16)7(11)6(3)12-9(15)17-10/h4-5H2,1-3H3. The molecule has 0 aliphatic heterocycles. The molecule has 0 unspecified atom stereocenters. The molecule has 0 fully saturated rings. The van der Waals surface area contributed by atoms with E-state index in [1.807, 2.05) is 18.7 Å². The van der Waals surface area contributed by atoms with E-state index in [0.29, 0.717) is 10.1 Å². The summed E-state index contributed by atoms with van der Waals surface area (Å²) in [6, 6.07) is 0. The van der Waals surface area contributed by atoms with Gasteiger partial charge in [-0.3, -0.25) is 4.79 Å². The lowest BCUT2D eigenvalue weighted by Gasteiger charge is -2.15. The summed E-state index contributed by atoms with van der Waals surface area (Å²) in [7, 11) is 0. The van der Waals surface area contributed by atoms with Crippen molar-refractivity contribution in [3.05, 3.63) is 21.9 Å². The van der Waals surface area contributed by atoms with E-state index >= 15 is 0 Å². The number of hydrogen-bond donors (Lipinski definition) is 0. The molecule has 2 rings (SSSR count). The van der Waals surface area contributed by atoms with Crippen molar-refractivity contribution in [3.8, 4) is 0 Å². The van der Waals surface area contributed by atoms with Crippen LogP contribution in [0.2, 0.25) is 0 Å². The first-order chi connectivity index (χ1) is 8.08. The normalized spacial score (nSPS) is 11.1. The molecule has 2 aromatic heterocycles. The number of fused-ring (bicyclic) bond motifs is 1. The second kappa shape index (κ2) is 4.40. The highest BCUT2D eigenvalue weighted by atomic mass is 32.1. The van der Waals surface area contributed by atoms with Gasteiger partial charge in [0.1, 0.15) is 0 Å². The van der Waals surface area contributed by atoms with E-state index in [4.69, 9.17) is 0 Å². The molecule has 2 heterocycles. The predicted octanol–water partition coefficient (Wildman–Crippen LogP) is 1.44. The Morgan fingerprint density at radius 3 is 2.65 bits per heavy atom. The van der Waals surface area contributed by atoms with Crippen molar-refractivity contribution in [1.29, 1.82) is 0 Å². The number of nitrogens with zero attached hydrogens (tertiary/aromatic N) is 4. The van der Waals surface area contributed by atoms with E-state index < -0.39 is 11.4 Å². The highest BCUT2D eigenvalue weighted by Gasteiger charge is 2.15. The highest BCUT2D eigenvalue weighted by molar-refractivity contribution is 7.20. The largest absolute Gasteiger partial charge is 0.347 e. The fraction of sp³-hybridized carbons (Fsp3) is 0.500. The van der Waals surface area contributed by atoms with Gasteiger partial charge in [0.05, 0.1) is 5.69 Å². The number of aryl methyl sites for hydroxylation is 1. The van der Waals surface area contributed by atoms with Crippen molar-refractivity contribution >= 4 is 21.4 Å². The maximum Gasteiger partial charge on any atom is 0.311 e. The minimum absolute atomic E-state index is 0.116. The molecule has 5 nitrogen and oxygen atoms in total. The van der Waals surface area contributed by atoms with E-state index in [1.54, 1.807) is 0 Å². The molecule has 0 saturated heterocycles. The number of hydrogen-bond acceptors (Lipinski definition) is 5. The fourth-order valence-electron chi connectivity index (χ4n) is 1.54. The molecule has 92 valence electrons. The molecular weight excluding hydrogens is 243 g/mol. The van der Waals surface area contributed by atoms with Crippen LogP contribution < -0.4 is 10.5 Å². The van der Waals surface area contributed by atoms with Crippen molar-refractivity contribution in [2.24, 2.45) is 0 Å². The van der Waals surface area contributed by atoms with Crippen molar-refractivity contribution in [3.63, 3.8) is 0 Å². The van der Waals surface area contributed by atoms with E-state index in [1.165, 1.54) is 18.3 Å². The molecule has 0 saturated carbocycles. The molecule has 0 amide bonds. The third-order valence-corrected chi connectivity index (χ3v) is 3.51. The molecule has 0 spiro atoms. The fourth-order valence-corrected chi connectivity index (χ4v) is 2.60. The first-order valence-corrected chi connectivity index (χ1v) is 6.21. The Balaban J connectivity index is 2.66. The van der Waals surface area contributed by atoms with Crippen molar-refractivity contribution < 1.29 is 4.39 Å². The average Bonchev–Trinajstić information content (AvgIpc) is 2.72. The third-order valence-electron chi connectivity index (χ3n) is 2.54. The molecule has 0 aliphatic rings. The molecule has 0 aliphatic carbocycles. The van der Waals surface area contributed by atoms with Crippen LogP contribution in [0, 0.1) is 12.7 Å². The zero-order valence-electron chi connectivity index (χ0n) is 9.90. The third kappa shape index (κ3) is 1.90. The zero-order chi connectivity index (χ0) is 12.6. The van der Waals surface area contributed by atoms with E-state index in [0.717, 1.165) is 17.6 Å². The van der Waals surface area contributed by atoms with Gasteiger partial charge < -0.3 is 4.90 Å². The van der Waals surface area contributed by atoms with Crippen LogP contribution in [0.5, 0.6) is 0 Å². The number of halogens is 1. The SMILES string of the molecule is CCN(CC)c1nn2c(=O)c(F)c(C)nc2s1. The van der Waals surface area contributed by atoms with Crippen LogP contribution in [-0.4, -0.2) is 27.7 Å². The van der Waals surface area contributed by atoms with Gasteiger partial charge in [-0.15, -0.1) is 5.10 Å². The van der Waals surface area contributed by atoms with Gasteiger partial charge in [0, 0.05) is 13.1 Å². The van der Waals surface area contributed by atoms with Crippen molar-refractivity contribution in [2.75, 3.05) is 18.0 Å². The van der Waals surface area contributed by atoms with E-state index in [9.17, 15) is 9.18 Å². The maximum atomic E-state index is 13.4. The Hall–Kier alpha value is -1.50. The predicted molar refractivity (Wildman–Crippen MR) is 65.4 cm³/mol. The quantitative estimate of drug-likeness (QED) is 0.834. The van der Waals surface area contributed by atoms with Crippen LogP contribution in [0.1, 0.15) is 19.5 Å². The van der Waals surface area contributed by atoms with Crippen molar-refractivity contribution in [2.45, 2.75) is 20.8 Å². The van der Waals surface area contributed by atoms with E-state index in [-0.39, 0.29) is 5.69 Å². The van der Waals surface area contributed by atoms with Crippen LogP contribution in [0.3, 0.4) is 0 Å². The lowest BCUT2D eigenvalue weighted by molar-refractivity contribution is 0.579. The Bertz CT molecular complexity index is 602. The summed E-state index contributed by atoms with van der Waals surface area (Å²) in [6.07, 6.45) is 0. The molecule has 2 aromatic rings. The Labute approximate surface area is 102 Å². The summed E-state index contributed by atoms with van der Waals surface area (Å²) in [4.78, 5) is 18.1. The smallest absolute Gasteiger partial charge is 0.311 e. The summed E-state index contributed by atoms with van der Waals surface area (Å²) in [5.74, 6) is -0.834.